The molecule has 0 saturated carbocycles. The number of nitrogens with zero attached hydrogens (tertiary/aromatic N) is 5. The van der Waals surface area contributed by atoms with E-state index in [-0.39, 0.29) is 24.0 Å². The minimum Gasteiger partial charge on any atom is -0.469 e. The Balaban J connectivity index is 0.00000256. The van der Waals surface area contributed by atoms with E-state index in [9.17, 15) is 0 Å². The highest BCUT2D eigenvalue weighted by Crippen LogP contribution is 2.19. The van der Waals surface area contributed by atoms with Crippen LogP contribution in [-0.2, 0) is 19.4 Å². The first-order valence-corrected chi connectivity index (χ1v) is 11.6. The summed E-state index contributed by atoms with van der Waals surface area (Å²) in [6.07, 6.45) is 3.45. The van der Waals surface area contributed by atoms with Gasteiger partial charge < -0.3 is 19.5 Å². The second-order valence-electron chi connectivity index (χ2n) is 6.80. The molecular formula is C20H27IN6OS2. The zero-order valence-corrected chi connectivity index (χ0v) is 21.0. The molecule has 1 aliphatic rings. The molecule has 1 aliphatic heterocycles. The summed E-state index contributed by atoms with van der Waals surface area (Å²) in [4.78, 5) is 15.5. The maximum Gasteiger partial charge on any atom is 0.205 e. The summed E-state index contributed by atoms with van der Waals surface area (Å²) in [6.45, 7) is 7.28. The number of rotatable bonds is 7. The van der Waals surface area contributed by atoms with Crippen molar-refractivity contribution < 1.29 is 4.42 Å². The number of furan rings is 1. The van der Waals surface area contributed by atoms with Crippen molar-refractivity contribution in [2.45, 2.75) is 26.3 Å². The van der Waals surface area contributed by atoms with Gasteiger partial charge in [-0.3, -0.25) is 0 Å². The summed E-state index contributed by atoms with van der Waals surface area (Å²) >= 11 is 3.25. The summed E-state index contributed by atoms with van der Waals surface area (Å²) in [5.74, 6) is 2.89. The van der Waals surface area contributed by atoms with Crippen molar-refractivity contribution in [2.24, 2.45) is 4.99 Å². The van der Waals surface area contributed by atoms with Gasteiger partial charge in [0.05, 0.1) is 12.8 Å². The van der Waals surface area contributed by atoms with Gasteiger partial charge in [-0.05, 0) is 23.6 Å². The lowest BCUT2D eigenvalue weighted by atomic mass is 10.3. The topological polar surface area (TPSA) is 69.8 Å². The van der Waals surface area contributed by atoms with Crippen molar-refractivity contribution >= 4 is 57.9 Å². The highest BCUT2D eigenvalue weighted by Gasteiger charge is 2.22. The van der Waals surface area contributed by atoms with Crippen LogP contribution in [-0.4, -0.2) is 52.9 Å². The number of piperazine rings is 1. The molecule has 0 aliphatic carbocycles. The third-order valence-corrected chi connectivity index (χ3v) is 6.50. The molecule has 0 radical (unpaired) electrons. The van der Waals surface area contributed by atoms with Crippen LogP contribution in [0.4, 0.5) is 5.13 Å². The van der Waals surface area contributed by atoms with Crippen LogP contribution < -0.4 is 10.2 Å². The molecule has 3 aromatic rings. The minimum absolute atomic E-state index is 0. The smallest absolute Gasteiger partial charge is 0.205 e. The number of anilines is 1. The molecule has 162 valence electrons. The third-order valence-electron chi connectivity index (χ3n) is 4.82. The fourth-order valence-corrected chi connectivity index (χ4v) is 4.63. The molecule has 10 heteroatoms. The molecule has 0 bridgehead atoms. The van der Waals surface area contributed by atoms with Crippen LogP contribution in [0.1, 0.15) is 23.4 Å². The van der Waals surface area contributed by atoms with Gasteiger partial charge in [-0.25, -0.2) is 9.98 Å². The van der Waals surface area contributed by atoms with Gasteiger partial charge in [0.2, 0.25) is 5.13 Å². The average Bonchev–Trinajstić information content (AvgIpc) is 3.53. The molecule has 30 heavy (non-hydrogen) atoms. The normalized spacial score (nSPS) is 14.6. The zero-order valence-electron chi connectivity index (χ0n) is 17.0. The number of guanidine groups is 1. The number of hydrogen-bond donors (Lipinski definition) is 1. The number of aromatic nitrogens is 2. The molecule has 0 atom stereocenters. The Morgan fingerprint density at radius 1 is 1.23 bits per heavy atom. The Labute approximate surface area is 202 Å². The summed E-state index contributed by atoms with van der Waals surface area (Å²) in [5.41, 5.74) is 0. The van der Waals surface area contributed by atoms with Gasteiger partial charge in [0.15, 0.2) is 5.96 Å². The SMILES string of the molecule is CCc1nsc(N2CCN(C(=NCc3cccs3)NCCc3ccco3)CC2)n1.I. The van der Waals surface area contributed by atoms with Gasteiger partial charge in [0, 0.05) is 62.0 Å². The van der Waals surface area contributed by atoms with Crippen molar-refractivity contribution in [1.82, 2.24) is 19.6 Å². The second kappa shape index (κ2) is 11.7. The second-order valence-corrected chi connectivity index (χ2v) is 8.56. The Hall–Kier alpha value is -1.66. The van der Waals surface area contributed by atoms with Gasteiger partial charge in [-0.1, -0.05) is 13.0 Å². The van der Waals surface area contributed by atoms with Crippen LogP contribution >= 0.6 is 46.8 Å². The average molecular weight is 559 g/mol. The predicted molar refractivity (Wildman–Crippen MR) is 134 cm³/mol. The van der Waals surface area contributed by atoms with Gasteiger partial charge in [0.1, 0.15) is 11.6 Å². The van der Waals surface area contributed by atoms with E-state index in [1.807, 2.05) is 12.1 Å². The van der Waals surface area contributed by atoms with Gasteiger partial charge in [-0.15, -0.1) is 35.3 Å². The minimum atomic E-state index is 0. The molecular weight excluding hydrogens is 531 g/mol. The van der Waals surface area contributed by atoms with Crippen molar-refractivity contribution in [3.63, 3.8) is 0 Å². The van der Waals surface area contributed by atoms with E-state index in [0.717, 1.165) is 68.2 Å². The van der Waals surface area contributed by atoms with Crippen LogP contribution in [0.2, 0.25) is 0 Å². The molecule has 7 nitrogen and oxygen atoms in total. The Morgan fingerprint density at radius 2 is 2.10 bits per heavy atom. The van der Waals surface area contributed by atoms with Crippen LogP contribution in [0.5, 0.6) is 0 Å². The first kappa shape index (κ1) is 23.0. The fourth-order valence-electron chi connectivity index (χ4n) is 3.20. The largest absolute Gasteiger partial charge is 0.469 e. The van der Waals surface area contributed by atoms with Crippen molar-refractivity contribution in [1.29, 1.82) is 0 Å². The Morgan fingerprint density at radius 3 is 2.77 bits per heavy atom. The highest BCUT2D eigenvalue weighted by molar-refractivity contribution is 14.0. The highest BCUT2D eigenvalue weighted by atomic mass is 127. The van der Waals surface area contributed by atoms with Crippen LogP contribution in [0.25, 0.3) is 0 Å². The Kier molecular flexibility index (Phi) is 8.94. The fraction of sp³-hybridized carbons (Fsp3) is 0.450. The van der Waals surface area contributed by atoms with E-state index in [2.05, 4.69) is 48.9 Å². The van der Waals surface area contributed by atoms with E-state index in [1.165, 1.54) is 16.4 Å². The molecule has 0 unspecified atom stereocenters. The van der Waals surface area contributed by atoms with Crippen LogP contribution in [0.15, 0.2) is 45.3 Å². The quantitative estimate of drug-likeness (QED) is 0.270. The molecule has 4 heterocycles. The molecule has 3 aromatic heterocycles. The summed E-state index contributed by atoms with van der Waals surface area (Å²) in [5, 5.41) is 6.66. The van der Waals surface area contributed by atoms with Gasteiger partial charge >= 0.3 is 0 Å². The molecule has 0 spiro atoms. The van der Waals surface area contributed by atoms with E-state index in [0.29, 0.717) is 6.54 Å². The van der Waals surface area contributed by atoms with E-state index in [1.54, 1.807) is 17.6 Å². The standard InChI is InChI=1S/C20H26N6OS2.HI/c1-2-18-23-20(29-24-18)26-11-9-25(10-12-26)19(22-15-17-6-4-14-28-17)21-8-7-16-5-3-13-27-16;/h3-6,13-14H,2,7-12,15H2,1H3,(H,21,22);1H. The number of aliphatic imine (C=N–C) groups is 1. The predicted octanol–water partition coefficient (Wildman–Crippen LogP) is 3.88. The summed E-state index contributed by atoms with van der Waals surface area (Å²) in [6, 6.07) is 8.14. The van der Waals surface area contributed by atoms with E-state index >= 15 is 0 Å². The van der Waals surface area contributed by atoms with E-state index in [4.69, 9.17) is 9.41 Å². The van der Waals surface area contributed by atoms with Crippen molar-refractivity contribution in [2.75, 3.05) is 37.6 Å². The number of hydrogen-bond acceptors (Lipinski definition) is 7. The molecule has 0 aromatic carbocycles. The lowest BCUT2D eigenvalue weighted by Crippen LogP contribution is -2.52. The Bertz CT molecular complexity index is 888. The van der Waals surface area contributed by atoms with Crippen LogP contribution in [0.3, 0.4) is 0 Å². The first-order valence-electron chi connectivity index (χ1n) is 9.97. The van der Waals surface area contributed by atoms with E-state index < -0.39 is 0 Å². The maximum atomic E-state index is 5.44. The first-order chi connectivity index (χ1) is 14.3. The monoisotopic (exact) mass is 558 g/mol. The zero-order chi connectivity index (χ0) is 19.9. The third kappa shape index (κ3) is 6.17. The van der Waals surface area contributed by atoms with Gasteiger partial charge in [0.25, 0.3) is 0 Å². The van der Waals surface area contributed by atoms with Crippen molar-refractivity contribution in [3.8, 4) is 0 Å². The van der Waals surface area contributed by atoms with Gasteiger partial charge in [-0.2, -0.15) is 4.37 Å². The number of aryl methyl sites for hydroxylation is 1. The lowest BCUT2D eigenvalue weighted by Gasteiger charge is -2.36. The van der Waals surface area contributed by atoms with Crippen molar-refractivity contribution in [3.05, 3.63) is 52.4 Å². The molecule has 0 amide bonds. The summed E-state index contributed by atoms with van der Waals surface area (Å²) < 4.78 is 9.86. The summed E-state index contributed by atoms with van der Waals surface area (Å²) in [7, 11) is 0. The molecule has 1 N–H and O–H groups in total. The maximum absolute atomic E-state index is 5.44. The lowest BCUT2D eigenvalue weighted by molar-refractivity contribution is 0.371. The molecule has 4 rings (SSSR count). The number of nitrogens with one attached hydrogen (secondary N) is 1. The number of thiophene rings is 1. The van der Waals surface area contributed by atoms with Crippen LogP contribution in [0, 0.1) is 0 Å². The molecule has 1 saturated heterocycles. The molecule has 1 fully saturated rings. The number of halogens is 1.